The number of amides is 2. The summed E-state index contributed by atoms with van der Waals surface area (Å²) in [6.07, 6.45) is 2.94. The van der Waals surface area contributed by atoms with Crippen molar-refractivity contribution in [3.05, 3.63) is 0 Å². The van der Waals surface area contributed by atoms with E-state index in [4.69, 9.17) is 5.11 Å². The van der Waals surface area contributed by atoms with Crippen molar-refractivity contribution >= 4 is 17.8 Å². The Hall–Kier alpha value is -1.59. The fourth-order valence-electron chi connectivity index (χ4n) is 1.41. The van der Waals surface area contributed by atoms with Crippen LogP contribution in [0.25, 0.3) is 0 Å². The van der Waals surface area contributed by atoms with Gasteiger partial charge in [-0.05, 0) is 19.3 Å². The Morgan fingerprint density at radius 2 is 1.61 bits per heavy atom. The highest BCUT2D eigenvalue weighted by molar-refractivity contribution is 5.82. The van der Waals surface area contributed by atoms with Crippen molar-refractivity contribution in [3.8, 4) is 0 Å². The van der Waals surface area contributed by atoms with E-state index in [1.165, 1.54) is 0 Å². The molecule has 6 nitrogen and oxygen atoms in total. The maximum atomic E-state index is 11.3. The summed E-state index contributed by atoms with van der Waals surface area (Å²) in [4.78, 5) is 33.3. The van der Waals surface area contributed by atoms with E-state index < -0.39 is 11.9 Å². The summed E-state index contributed by atoms with van der Waals surface area (Å²) in [6.45, 7) is 3.74. The lowest BCUT2D eigenvalue weighted by Gasteiger charge is -2.10. The van der Waals surface area contributed by atoms with Crippen LogP contribution in [-0.2, 0) is 14.4 Å². The summed E-state index contributed by atoms with van der Waals surface area (Å²) in [5.74, 6) is -1.99. The molecule has 1 unspecified atom stereocenters. The first-order valence-electron chi connectivity index (χ1n) is 6.31. The number of carboxylic acids is 1. The molecular weight excluding hydrogens is 236 g/mol. The number of hydrogen-bond acceptors (Lipinski definition) is 3. The van der Waals surface area contributed by atoms with Crippen LogP contribution in [0.15, 0.2) is 0 Å². The Morgan fingerprint density at radius 3 is 2.06 bits per heavy atom. The van der Waals surface area contributed by atoms with Gasteiger partial charge in [0.1, 0.15) is 0 Å². The molecule has 0 aromatic carbocycles. The van der Waals surface area contributed by atoms with Crippen molar-refractivity contribution in [2.75, 3.05) is 0 Å². The van der Waals surface area contributed by atoms with Crippen LogP contribution >= 0.6 is 0 Å². The highest BCUT2D eigenvalue weighted by Gasteiger charge is 2.16. The Morgan fingerprint density at radius 1 is 1.06 bits per heavy atom. The summed E-state index contributed by atoms with van der Waals surface area (Å²) >= 11 is 0. The molecule has 2 amide bonds. The molecular formula is C12H22N2O4. The average Bonchev–Trinajstić information content (AvgIpc) is 2.34. The molecule has 104 valence electrons. The van der Waals surface area contributed by atoms with E-state index in [-0.39, 0.29) is 24.7 Å². The Labute approximate surface area is 107 Å². The predicted octanol–water partition coefficient (Wildman–Crippen LogP) is 1.21. The fraction of sp³-hybridized carbons (Fsp3) is 0.750. The zero-order chi connectivity index (χ0) is 14.0. The highest BCUT2D eigenvalue weighted by Crippen LogP contribution is 2.10. The number of nitrogens with one attached hydrogen (secondary N) is 2. The van der Waals surface area contributed by atoms with E-state index in [0.717, 1.165) is 12.8 Å². The van der Waals surface area contributed by atoms with Crippen molar-refractivity contribution in [3.63, 3.8) is 0 Å². The number of carbonyl (C=O) groups is 3. The second-order valence-electron chi connectivity index (χ2n) is 4.18. The minimum absolute atomic E-state index is 0.0961. The molecule has 0 heterocycles. The zero-order valence-corrected chi connectivity index (χ0v) is 11.0. The Kier molecular flexibility index (Phi) is 8.61. The summed E-state index contributed by atoms with van der Waals surface area (Å²) in [5.41, 5.74) is 4.58. The largest absolute Gasteiger partial charge is 0.481 e. The Bertz CT molecular complexity index is 292. The second-order valence-corrected chi connectivity index (χ2v) is 4.18. The van der Waals surface area contributed by atoms with Crippen molar-refractivity contribution < 1.29 is 19.5 Å². The summed E-state index contributed by atoms with van der Waals surface area (Å²) < 4.78 is 0. The lowest BCUT2D eigenvalue weighted by atomic mass is 10.0. The summed E-state index contributed by atoms with van der Waals surface area (Å²) in [7, 11) is 0. The van der Waals surface area contributed by atoms with Gasteiger partial charge in [0, 0.05) is 12.8 Å². The van der Waals surface area contributed by atoms with Gasteiger partial charge < -0.3 is 5.11 Å². The molecule has 0 aliphatic carbocycles. The van der Waals surface area contributed by atoms with Gasteiger partial charge in [0.25, 0.3) is 0 Å². The molecule has 0 rings (SSSR count). The maximum Gasteiger partial charge on any atom is 0.306 e. The number of carbonyl (C=O) groups excluding carboxylic acids is 2. The minimum atomic E-state index is -0.891. The predicted molar refractivity (Wildman–Crippen MR) is 66.5 cm³/mol. The van der Waals surface area contributed by atoms with E-state index in [1.807, 2.05) is 6.92 Å². The normalized spacial score (nSPS) is 11.7. The Balaban J connectivity index is 3.77. The summed E-state index contributed by atoms with van der Waals surface area (Å²) in [6, 6.07) is 0. The molecule has 6 heteroatoms. The molecule has 18 heavy (non-hydrogen) atoms. The van der Waals surface area contributed by atoms with Gasteiger partial charge in [-0.15, -0.1) is 0 Å². The molecule has 3 N–H and O–H groups in total. The van der Waals surface area contributed by atoms with Gasteiger partial charge in [0.2, 0.25) is 11.8 Å². The standard InChI is InChI=1S/C12H22N2O4/c1-3-5-6-10(15)13-14-11(16)8-7-9(4-2)12(17)18/h9H,3-8H2,1-2H3,(H,13,15)(H,14,16)(H,17,18). The lowest BCUT2D eigenvalue weighted by molar-refractivity contribution is -0.142. The number of hydrogen-bond donors (Lipinski definition) is 3. The molecule has 0 aromatic heterocycles. The van der Waals surface area contributed by atoms with Crippen LogP contribution in [-0.4, -0.2) is 22.9 Å². The highest BCUT2D eigenvalue weighted by atomic mass is 16.4. The molecule has 0 saturated carbocycles. The molecule has 0 aliphatic heterocycles. The van der Waals surface area contributed by atoms with E-state index >= 15 is 0 Å². The van der Waals surface area contributed by atoms with Crippen LogP contribution in [0.1, 0.15) is 52.4 Å². The van der Waals surface area contributed by atoms with Gasteiger partial charge in [0.05, 0.1) is 5.92 Å². The monoisotopic (exact) mass is 258 g/mol. The van der Waals surface area contributed by atoms with Crippen LogP contribution in [0.3, 0.4) is 0 Å². The molecule has 0 saturated heterocycles. The average molecular weight is 258 g/mol. The van der Waals surface area contributed by atoms with Gasteiger partial charge in [0.15, 0.2) is 0 Å². The molecule has 1 atom stereocenters. The SMILES string of the molecule is CCCCC(=O)NNC(=O)CCC(CC)C(=O)O. The van der Waals surface area contributed by atoms with E-state index in [9.17, 15) is 14.4 Å². The zero-order valence-electron chi connectivity index (χ0n) is 11.0. The number of carboxylic acid groups (broad SMARTS) is 1. The first-order chi connectivity index (χ1) is 8.51. The van der Waals surface area contributed by atoms with E-state index in [0.29, 0.717) is 12.8 Å². The van der Waals surface area contributed by atoms with Gasteiger partial charge in [-0.25, -0.2) is 0 Å². The number of aliphatic carboxylic acids is 1. The van der Waals surface area contributed by atoms with Crippen molar-refractivity contribution in [1.82, 2.24) is 10.9 Å². The smallest absolute Gasteiger partial charge is 0.306 e. The number of rotatable bonds is 8. The van der Waals surface area contributed by atoms with Crippen LogP contribution in [0.5, 0.6) is 0 Å². The van der Waals surface area contributed by atoms with Gasteiger partial charge in [-0.2, -0.15) is 0 Å². The van der Waals surface area contributed by atoms with E-state index in [1.54, 1.807) is 6.92 Å². The molecule has 0 radical (unpaired) electrons. The summed E-state index contributed by atoms with van der Waals surface area (Å²) in [5, 5.41) is 8.80. The van der Waals surface area contributed by atoms with Gasteiger partial charge >= 0.3 is 5.97 Å². The fourth-order valence-corrected chi connectivity index (χ4v) is 1.41. The topological polar surface area (TPSA) is 95.5 Å². The lowest BCUT2D eigenvalue weighted by Crippen LogP contribution is -2.41. The molecule has 0 fully saturated rings. The molecule has 0 aliphatic rings. The van der Waals surface area contributed by atoms with E-state index in [2.05, 4.69) is 10.9 Å². The molecule has 0 spiro atoms. The van der Waals surface area contributed by atoms with Gasteiger partial charge in [-0.3, -0.25) is 25.2 Å². The van der Waals surface area contributed by atoms with Crippen molar-refractivity contribution in [1.29, 1.82) is 0 Å². The third-order valence-electron chi connectivity index (χ3n) is 2.66. The van der Waals surface area contributed by atoms with Crippen molar-refractivity contribution in [2.24, 2.45) is 5.92 Å². The molecule has 0 bridgehead atoms. The first-order valence-corrected chi connectivity index (χ1v) is 6.31. The second kappa shape index (κ2) is 9.44. The third-order valence-corrected chi connectivity index (χ3v) is 2.66. The van der Waals surface area contributed by atoms with Crippen LogP contribution in [0.2, 0.25) is 0 Å². The van der Waals surface area contributed by atoms with Crippen LogP contribution in [0.4, 0.5) is 0 Å². The van der Waals surface area contributed by atoms with Gasteiger partial charge in [-0.1, -0.05) is 20.3 Å². The number of hydrazine groups is 1. The minimum Gasteiger partial charge on any atom is -0.481 e. The molecule has 0 aromatic rings. The van der Waals surface area contributed by atoms with Crippen LogP contribution in [0, 0.1) is 5.92 Å². The third kappa shape index (κ3) is 7.65. The maximum absolute atomic E-state index is 11.3. The first kappa shape index (κ1) is 16.4. The quantitative estimate of drug-likeness (QED) is 0.570. The van der Waals surface area contributed by atoms with Crippen molar-refractivity contribution in [2.45, 2.75) is 52.4 Å². The number of unbranched alkanes of at least 4 members (excludes halogenated alkanes) is 1. The van der Waals surface area contributed by atoms with Crippen LogP contribution < -0.4 is 10.9 Å².